The summed E-state index contributed by atoms with van der Waals surface area (Å²) >= 11 is 1.51. The van der Waals surface area contributed by atoms with E-state index in [9.17, 15) is 10.0 Å². The van der Waals surface area contributed by atoms with Gasteiger partial charge in [0.05, 0.1) is 16.9 Å². The van der Waals surface area contributed by atoms with Crippen LogP contribution in [0.5, 0.6) is 0 Å². The summed E-state index contributed by atoms with van der Waals surface area (Å²) in [4.78, 5) is 13.1. The van der Waals surface area contributed by atoms with Crippen LogP contribution in [0.25, 0.3) is 11.1 Å². The molecule has 1 aliphatic rings. The molecule has 1 amide bonds. The van der Waals surface area contributed by atoms with Crippen molar-refractivity contribution in [2.75, 3.05) is 6.54 Å². The van der Waals surface area contributed by atoms with E-state index >= 15 is 0 Å². The predicted octanol–water partition coefficient (Wildman–Crippen LogP) is 4.09. The molecule has 0 saturated carbocycles. The molecule has 24 heavy (non-hydrogen) atoms. The molecule has 0 aliphatic carbocycles. The number of hydrogen-bond donors (Lipinski definition) is 1. The fraction of sp³-hybridized carbons (Fsp3) is 0.263. The lowest BCUT2D eigenvalue weighted by Crippen LogP contribution is -2.33. The van der Waals surface area contributed by atoms with Crippen molar-refractivity contribution in [1.29, 1.82) is 5.26 Å². The molecule has 1 N–H and O–H groups in total. The lowest BCUT2D eigenvalue weighted by molar-refractivity contribution is -0.163. The van der Waals surface area contributed by atoms with Gasteiger partial charge in [0, 0.05) is 11.4 Å². The van der Waals surface area contributed by atoms with Crippen LogP contribution in [0.15, 0.2) is 53.4 Å². The summed E-state index contributed by atoms with van der Waals surface area (Å²) in [6, 6.07) is 17.6. The first kappa shape index (κ1) is 16.6. The standard InChI is InChI=1S/C19H18N2O2S/c20-13-14-4-6-15(7-5-14)16-8-10-17(11-9-16)24-18-3-1-2-12-21(23)19(18)22/h4-11,18,23H,1-3,12H2. The van der Waals surface area contributed by atoms with Gasteiger partial charge in [-0.15, -0.1) is 11.8 Å². The number of carbonyl (C=O) groups excluding carboxylic acids is 1. The molecule has 0 radical (unpaired) electrons. The van der Waals surface area contributed by atoms with Crippen LogP contribution in [0.3, 0.4) is 0 Å². The van der Waals surface area contributed by atoms with Crippen molar-refractivity contribution < 1.29 is 10.0 Å². The van der Waals surface area contributed by atoms with Crippen molar-refractivity contribution in [2.45, 2.75) is 29.4 Å². The van der Waals surface area contributed by atoms with Crippen LogP contribution in [0.1, 0.15) is 24.8 Å². The summed E-state index contributed by atoms with van der Waals surface area (Å²) in [7, 11) is 0. The Morgan fingerprint density at radius 3 is 2.29 bits per heavy atom. The second kappa shape index (κ2) is 7.52. The summed E-state index contributed by atoms with van der Waals surface area (Å²) in [5.74, 6) is -0.200. The van der Waals surface area contributed by atoms with E-state index in [4.69, 9.17) is 5.26 Å². The van der Waals surface area contributed by atoms with Gasteiger partial charge < -0.3 is 0 Å². The minimum atomic E-state index is -0.224. The van der Waals surface area contributed by atoms with E-state index in [1.807, 2.05) is 36.4 Å². The smallest absolute Gasteiger partial charge is 0.259 e. The van der Waals surface area contributed by atoms with Crippen molar-refractivity contribution >= 4 is 17.7 Å². The van der Waals surface area contributed by atoms with E-state index in [1.165, 1.54) is 11.8 Å². The lowest BCUT2D eigenvalue weighted by Gasteiger charge is -2.17. The highest BCUT2D eigenvalue weighted by atomic mass is 32.2. The molecule has 3 rings (SSSR count). The molecule has 2 aromatic rings. The molecule has 4 nitrogen and oxygen atoms in total. The molecule has 1 aliphatic heterocycles. The number of hydroxylamine groups is 2. The van der Waals surface area contributed by atoms with Crippen LogP contribution in [0.4, 0.5) is 0 Å². The maximum atomic E-state index is 12.1. The molecule has 1 saturated heterocycles. The van der Waals surface area contributed by atoms with Gasteiger partial charge in [0.2, 0.25) is 0 Å². The molecular weight excluding hydrogens is 320 g/mol. The Bertz CT molecular complexity index is 750. The number of benzene rings is 2. The Kier molecular flexibility index (Phi) is 5.19. The quantitative estimate of drug-likeness (QED) is 0.856. The van der Waals surface area contributed by atoms with Crippen LogP contribution in [-0.2, 0) is 4.79 Å². The van der Waals surface area contributed by atoms with Gasteiger partial charge in [0.25, 0.3) is 5.91 Å². The van der Waals surface area contributed by atoms with Crippen molar-refractivity contribution in [3.63, 3.8) is 0 Å². The fourth-order valence-electron chi connectivity index (χ4n) is 2.73. The predicted molar refractivity (Wildman–Crippen MR) is 93.6 cm³/mol. The molecule has 1 unspecified atom stereocenters. The van der Waals surface area contributed by atoms with Gasteiger partial charge in [-0.3, -0.25) is 10.0 Å². The lowest BCUT2D eigenvalue weighted by atomic mass is 10.0. The SMILES string of the molecule is N#Cc1ccc(-c2ccc(SC3CCCCN(O)C3=O)cc2)cc1. The molecule has 1 fully saturated rings. The van der Waals surface area contributed by atoms with Crippen molar-refractivity contribution in [3.05, 3.63) is 54.1 Å². The second-order valence-corrected chi connectivity index (χ2v) is 7.05. The van der Waals surface area contributed by atoms with E-state index in [2.05, 4.69) is 6.07 Å². The van der Waals surface area contributed by atoms with Crippen LogP contribution in [-0.4, -0.2) is 28.0 Å². The highest BCUT2D eigenvalue weighted by molar-refractivity contribution is 8.00. The average Bonchev–Trinajstić information content (AvgIpc) is 2.78. The third-order valence-electron chi connectivity index (χ3n) is 4.10. The Balaban J connectivity index is 1.72. The third kappa shape index (κ3) is 3.78. The van der Waals surface area contributed by atoms with Gasteiger partial charge in [-0.1, -0.05) is 24.3 Å². The normalized spacial score (nSPS) is 18.1. The summed E-state index contributed by atoms with van der Waals surface area (Å²) < 4.78 is 0. The van der Waals surface area contributed by atoms with Gasteiger partial charge in [-0.05, 0) is 54.7 Å². The number of rotatable bonds is 3. The second-order valence-electron chi connectivity index (χ2n) is 5.78. The summed E-state index contributed by atoms with van der Waals surface area (Å²) in [5, 5.41) is 19.2. The number of nitrogens with zero attached hydrogens (tertiary/aromatic N) is 2. The zero-order valence-corrected chi connectivity index (χ0v) is 14.0. The number of hydrogen-bond acceptors (Lipinski definition) is 4. The Hall–Kier alpha value is -2.29. The van der Waals surface area contributed by atoms with Crippen molar-refractivity contribution in [1.82, 2.24) is 5.06 Å². The maximum absolute atomic E-state index is 12.1. The number of carbonyl (C=O) groups is 1. The highest BCUT2D eigenvalue weighted by Gasteiger charge is 2.26. The maximum Gasteiger partial charge on any atom is 0.259 e. The van der Waals surface area contributed by atoms with Crippen molar-refractivity contribution in [2.24, 2.45) is 0 Å². The Labute approximate surface area is 145 Å². The topological polar surface area (TPSA) is 64.3 Å². The zero-order chi connectivity index (χ0) is 16.9. The molecule has 1 atom stereocenters. The summed E-state index contributed by atoms with van der Waals surface area (Å²) in [5.41, 5.74) is 2.77. The Morgan fingerprint density at radius 1 is 1.04 bits per heavy atom. The average molecular weight is 338 g/mol. The molecule has 0 spiro atoms. The molecular formula is C19H18N2O2S. The number of nitriles is 1. The van der Waals surface area contributed by atoms with E-state index in [0.29, 0.717) is 12.1 Å². The number of amides is 1. The minimum Gasteiger partial charge on any atom is -0.286 e. The molecule has 1 heterocycles. The van der Waals surface area contributed by atoms with Gasteiger partial charge in [-0.25, -0.2) is 5.06 Å². The van der Waals surface area contributed by atoms with Gasteiger partial charge in [0.15, 0.2) is 0 Å². The van der Waals surface area contributed by atoms with Crippen LogP contribution in [0.2, 0.25) is 0 Å². The van der Waals surface area contributed by atoms with Crippen LogP contribution < -0.4 is 0 Å². The highest BCUT2D eigenvalue weighted by Crippen LogP contribution is 2.31. The summed E-state index contributed by atoms with van der Waals surface area (Å²) in [6.07, 6.45) is 2.58. The number of thioether (sulfide) groups is 1. The van der Waals surface area contributed by atoms with E-state index in [-0.39, 0.29) is 11.2 Å². The first-order chi connectivity index (χ1) is 11.7. The first-order valence-corrected chi connectivity index (χ1v) is 8.83. The van der Waals surface area contributed by atoms with E-state index in [0.717, 1.165) is 40.3 Å². The first-order valence-electron chi connectivity index (χ1n) is 7.95. The molecule has 122 valence electrons. The molecule has 2 aromatic carbocycles. The molecule has 0 bridgehead atoms. The largest absolute Gasteiger partial charge is 0.286 e. The van der Waals surface area contributed by atoms with Crippen LogP contribution in [0, 0.1) is 11.3 Å². The van der Waals surface area contributed by atoms with E-state index < -0.39 is 0 Å². The van der Waals surface area contributed by atoms with E-state index in [1.54, 1.807) is 12.1 Å². The zero-order valence-electron chi connectivity index (χ0n) is 13.2. The van der Waals surface area contributed by atoms with Gasteiger partial charge in [0.1, 0.15) is 0 Å². The third-order valence-corrected chi connectivity index (χ3v) is 5.36. The van der Waals surface area contributed by atoms with Crippen molar-refractivity contribution in [3.8, 4) is 17.2 Å². The van der Waals surface area contributed by atoms with Crippen LogP contribution >= 0.6 is 11.8 Å². The minimum absolute atomic E-state index is 0.200. The van der Waals surface area contributed by atoms with Gasteiger partial charge >= 0.3 is 0 Å². The van der Waals surface area contributed by atoms with Gasteiger partial charge in [-0.2, -0.15) is 5.26 Å². The molecule has 0 aromatic heterocycles. The molecule has 5 heteroatoms. The monoisotopic (exact) mass is 338 g/mol. The fourth-order valence-corrected chi connectivity index (χ4v) is 3.86. The Morgan fingerprint density at radius 2 is 1.67 bits per heavy atom. The summed E-state index contributed by atoms with van der Waals surface area (Å²) in [6.45, 7) is 0.424.